The molecule has 0 aromatic rings. The lowest BCUT2D eigenvalue weighted by atomic mass is 11.8. The van der Waals surface area contributed by atoms with Gasteiger partial charge in [-0.2, -0.15) is 0 Å². The first-order valence-electron chi connectivity index (χ1n) is 3.95. The SMILES string of the molecule is [SiH2]1[SiH2]C2[SiH2][SiH2]C1[SiH2][SiH2]2. The first-order chi connectivity index (χ1) is 3.95. The minimum absolute atomic E-state index is 0.804. The summed E-state index contributed by atoms with van der Waals surface area (Å²) < 4.78 is 0. The van der Waals surface area contributed by atoms with Crippen LogP contribution in [-0.2, 0) is 0 Å². The van der Waals surface area contributed by atoms with Crippen LogP contribution >= 0.6 is 0 Å². The van der Waals surface area contributed by atoms with Crippen LogP contribution in [0.3, 0.4) is 0 Å². The summed E-state index contributed by atoms with van der Waals surface area (Å²) in [5, 5.41) is 0. The Hall–Kier alpha value is 1.30. The number of rotatable bonds is 0. The van der Waals surface area contributed by atoms with E-state index in [4.69, 9.17) is 0 Å². The summed E-state index contributed by atoms with van der Waals surface area (Å²) in [6, 6.07) is 0. The van der Waals surface area contributed by atoms with Gasteiger partial charge < -0.3 is 0 Å². The number of hydrogen-bond donors (Lipinski definition) is 0. The summed E-state index contributed by atoms with van der Waals surface area (Å²) in [4.78, 5) is 3.51. The fraction of sp³-hybridized carbons (Fsp3) is 1.00. The van der Waals surface area contributed by atoms with Crippen LogP contribution < -0.4 is 0 Å². The van der Waals surface area contributed by atoms with Gasteiger partial charge in [0, 0.05) is 54.2 Å². The molecule has 0 aromatic heterocycles. The highest BCUT2D eigenvalue weighted by Crippen LogP contribution is 2.17. The van der Waals surface area contributed by atoms with E-state index in [9.17, 15) is 0 Å². The number of fused-ring (bicyclic) bond motifs is 3. The molecule has 0 radical (unpaired) electrons. The van der Waals surface area contributed by atoms with Crippen molar-refractivity contribution in [3.8, 4) is 0 Å². The molecule has 3 rings (SSSR count). The molecule has 0 unspecified atom stereocenters. The van der Waals surface area contributed by atoms with E-state index < -0.39 is 0 Å². The molecule has 3 saturated heterocycles. The van der Waals surface area contributed by atoms with Crippen LogP contribution in [0, 0.1) is 0 Å². The molecule has 3 aliphatic heterocycles. The lowest BCUT2D eigenvalue weighted by Gasteiger charge is -2.33. The van der Waals surface area contributed by atoms with E-state index in [0.717, 1.165) is 54.2 Å². The molecule has 2 bridgehead atoms. The Morgan fingerprint density at radius 3 is 0.875 bits per heavy atom. The summed E-state index contributed by atoms with van der Waals surface area (Å²) in [6.07, 6.45) is 0. The highest BCUT2D eigenvalue weighted by molar-refractivity contribution is 7.40. The summed E-state index contributed by atoms with van der Waals surface area (Å²) in [5.41, 5.74) is 0. The molecule has 0 amide bonds. The van der Waals surface area contributed by atoms with Gasteiger partial charge in [0.15, 0.2) is 0 Å². The van der Waals surface area contributed by atoms with Gasteiger partial charge in [0.05, 0.1) is 0 Å². The van der Waals surface area contributed by atoms with Gasteiger partial charge in [-0.1, -0.05) is 9.58 Å². The highest BCUT2D eigenvalue weighted by Gasteiger charge is 2.28. The highest BCUT2D eigenvalue weighted by atomic mass is 29.3. The van der Waals surface area contributed by atoms with Crippen LogP contribution in [0.4, 0.5) is 0 Å². The van der Waals surface area contributed by atoms with Crippen molar-refractivity contribution in [2.24, 2.45) is 0 Å². The maximum Gasteiger partial charge on any atom is 0.00396 e. The van der Waals surface area contributed by atoms with Gasteiger partial charge in [-0.15, -0.1) is 0 Å². The molecule has 3 heterocycles. The standard InChI is InChI=1S/C2H14Si6/c3-1-4-7-2(6-3)8-5-1/h1-2H,3-8H2. The lowest BCUT2D eigenvalue weighted by Crippen LogP contribution is -2.49. The molecule has 46 valence electrons. The predicted molar refractivity (Wildman–Crippen MR) is 58.8 cm³/mol. The lowest BCUT2D eigenvalue weighted by molar-refractivity contribution is 1.71. The minimum Gasteiger partial charge on any atom is -0.0762 e. The summed E-state index contributed by atoms with van der Waals surface area (Å²) >= 11 is 0. The Morgan fingerprint density at radius 2 is 0.750 bits per heavy atom. The van der Waals surface area contributed by atoms with E-state index in [1.807, 2.05) is 0 Å². The Balaban J connectivity index is 2.03. The second-order valence-electron chi connectivity index (χ2n) is 3.46. The van der Waals surface area contributed by atoms with Crippen LogP contribution in [0.1, 0.15) is 0 Å². The fourth-order valence-corrected chi connectivity index (χ4v) is 108. The van der Waals surface area contributed by atoms with Gasteiger partial charge in [-0.25, -0.2) is 0 Å². The largest absolute Gasteiger partial charge is 0.0762 e. The topological polar surface area (TPSA) is 0 Å². The van der Waals surface area contributed by atoms with Gasteiger partial charge in [-0.05, 0) is 0 Å². The monoisotopic (exact) mass is 206 g/mol. The molecule has 0 saturated carbocycles. The maximum absolute atomic E-state index is 1.75. The van der Waals surface area contributed by atoms with Crippen molar-refractivity contribution in [2.75, 3.05) is 0 Å². The van der Waals surface area contributed by atoms with Gasteiger partial charge in [0.2, 0.25) is 0 Å². The molecule has 8 heavy (non-hydrogen) atoms. The minimum atomic E-state index is 0.804. The summed E-state index contributed by atoms with van der Waals surface area (Å²) in [7, 11) is 4.82. The molecule has 0 aromatic carbocycles. The molecule has 0 N–H and O–H groups in total. The van der Waals surface area contributed by atoms with Crippen molar-refractivity contribution in [2.45, 2.75) is 9.58 Å². The number of hydrogen-bond acceptors (Lipinski definition) is 0. The van der Waals surface area contributed by atoms with E-state index >= 15 is 0 Å². The third-order valence-corrected chi connectivity index (χ3v) is 70.6. The quantitative estimate of drug-likeness (QED) is 0.349. The Kier molecular flexibility index (Phi) is 1.89. The Bertz CT molecular complexity index is 61.5. The van der Waals surface area contributed by atoms with Crippen molar-refractivity contribution in [3.63, 3.8) is 0 Å². The average Bonchev–Trinajstić information content (AvgIpc) is 1.92. The first-order valence-corrected chi connectivity index (χ1v) is 20.8. The van der Waals surface area contributed by atoms with Crippen molar-refractivity contribution >= 4 is 54.2 Å². The van der Waals surface area contributed by atoms with Crippen molar-refractivity contribution in [3.05, 3.63) is 0 Å². The second kappa shape index (κ2) is 2.50. The first kappa shape index (κ1) is 6.04. The van der Waals surface area contributed by atoms with Gasteiger partial charge >= 0.3 is 0 Å². The summed E-state index contributed by atoms with van der Waals surface area (Å²) in [5.74, 6) is 0. The van der Waals surface area contributed by atoms with Gasteiger partial charge in [0.25, 0.3) is 0 Å². The zero-order chi connectivity index (χ0) is 5.40. The van der Waals surface area contributed by atoms with Crippen LogP contribution in [-0.4, -0.2) is 54.2 Å². The Morgan fingerprint density at radius 1 is 0.500 bits per heavy atom. The third-order valence-electron chi connectivity index (χ3n) is 2.95. The predicted octanol–water partition coefficient (Wildman–Crippen LogP) is -4.82. The third kappa shape index (κ3) is 1.09. The smallest absolute Gasteiger partial charge is 0.00396 e. The zero-order valence-corrected chi connectivity index (χ0v) is 13.9. The van der Waals surface area contributed by atoms with Crippen molar-refractivity contribution < 1.29 is 0 Å². The van der Waals surface area contributed by atoms with Crippen LogP contribution in [0.5, 0.6) is 0 Å². The molecule has 0 nitrogen and oxygen atoms in total. The van der Waals surface area contributed by atoms with Gasteiger partial charge in [0.1, 0.15) is 0 Å². The molecule has 3 fully saturated rings. The molecule has 0 spiro atoms. The second-order valence-corrected chi connectivity index (χ2v) is 31.2. The van der Waals surface area contributed by atoms with Crippen molar-refractivity contribution in [1.82, 2.24) is 0 Å². The van der Waals surface area contributed by atoms with Crippen molar-refractivity contribution in [1.29, 1.82) is 0 Å². The van der Waals surface area contributed by atoms with Crippen LogP contribution in [0.2, 0.25) is 9.58 Å². The molecule has 3 aliphatic rings. The van der Waals surface area contributed by atoms with E-state index in [1.165, 1.54) is 0 Å². The Labute approximate surface area is 63.9 Å². The van der Waals surface area contributed by atoms with E-state index in [0.29, 0.717) is 0 Å². The molecule has 0 aliphatic carbocycles. The molecule has 6 heteroatoms. The van der Waals surface area contributed by atoms with Gasteiger partial charge in [-0.3, -0.25) is 0 Å². The normalized spacial score (nSPS) is 63.0. The molecular formula is C2H14Si6. The van der Waals surface area contributed by atoms with E-state index in [1.54, 1.807) is 9.58 Å². The van der Waals surface area contributed by atoms with E-state index in [-0.39, 0.29) is 0 Å². The summed E-state index contributed by atoms with van der Waals surface area (Å²) in [6.45, 7) is 0. The van der Waals surface area contributed by atoms with E-state index in [2.05, 4.69) is 0 Å². The average molecular weight is 207 g/mol. The molecule has 0 atom stereocenters. The zero-order valence-electron chi connectivity index (χ0n) is 5.40. The van der Waals surface area contributed by atoms with Crippen LogP contribution in [0.15, 0.2) is 0 Å². The molecular weight excluding hydrogens is 193 g/mol. The van der Waals surface area contributed by atoms with Crippen LogP contribution in [0.25, 0.3) is 0 Å². The maximum atomic E-state index is 1.75. The fourth-order valence-electron chi connectivity index (χ4n) is 2.28.